The number of carboxylic acids is 1. The first kappa shape index (κ1) is 23.0. The fourth-order valence-corrected chi connectivity index (χ4v) is 4.61. The number of sulfone groups is 1. The molecule has 0 fully saturated rings. The number of aliphatic hydroxyl groups is 1. The lowest BCUT2D eigenvalue weighted by molar-refractivity contribution is 0.0696. The summed E-state index contributed by atoms with van der Waals surface area (Å²) >= 11 is 5.94. The van der Waals surface area contributed by atoms with Crippen LogP contribution in [0.2, 0.25) is 5.02 Å². The normalized spacial score (nSPS) is 12.5. The van der Waals surface area contributed by atoms with Gasteiger partial charge in [0.15, 0.2) is 0 Å². The number of aliphatic hydroxyl groups excluding tert-OH is 1. The van der Waals surface area contributed by atoms with Crippen molar-refractivity contribution in [1.82, 2.24) is 5.32 Å². The number of halogens is 1. The molecule has 0 saturated heterocycles. The third-order valence-electron chi connectivity index (χ3n) is 4.78. The fourth-order valence-electron chi connectivity index (χ4n) is 3.08. The molecule has 0 aliphatic carbocycles. The first-order valence-electron chi connectivity index (χ1n) is 9.59. The molecule has 8 heteroatoms. The van der Waals surface area contributed by atoms with Gasteiger partial charge in [0.05, 0.1) is 21.5 Å². The maximum absolute atomic E-state index is 12.9. The highest BCUT2D eigenvalue weighted by atomic mass is 35.5. The van der Waals surface area contributed by atoms with Gasteiger partial charge in [-0.2, -0.15) is 0 Å². The Labute approximate surface area is 186 Å². The Hall–Kier alpha value is -2.71. The Bertz CT molecular complexity index is 1160. The molecule has 1 atom stereocenters. The molecule has 6 nitrogen and oxygen atoms in total. The molecule has 0 saturated carbocycles. The lowest BCUT2D eigenvalue weighted by Crippen LogP contribution is -2.23. The molecule has 0 bridgehead atoms. The van der Waals surface area contributed by atoms with E-state index >= 15 is 0 Å². The predicted octanol–water partition coefficient (Wildman–Crippen LogP) is 3.74. The van der Waals surface area contributed by atoms with Gasteiger partial charge in [0, 0.05) is 11.6 Å². The highest BCUT2D eigenvalue weighted by Crippen LogP contribution is 2.22. The van der Waals surface area contributed by atoms with E-state index in [4.69, 9.17) is 16.7 Å². The Morgan fingerprint density at radius 2 is 1.68 bits per heavy atom. The quantitative estimate of drug-likeness (QED) is 0.421. The van der Waals surface area contributed by atoms with Gasteiger partial charge in [0.2, 0.25) is 9.84 Å². The Kier molecular flexibility index (Phi) is 7.46. The molecule has 3 rings (SSSR count). The average molecular weight is 460 g/mol. The van der Waals surface area contributed by atoms with Crippen molar-refractivity contribution < 1.29 is 23.4 Å². The van der Waals surface area contributed by atoms with Crippen LogP contribution in [0, 0.1) is 0 Å². The maximum Gasteiger partial charge on any atom is 0.335 e. The largest absolute Gasteiger partial charge is 0.478 e. The third kappa shape index (κ3) is 5.92. The van der Waals surface area contributed by atoms with Gasteiger partial charge in [0.1, 0.15) is 0 Å². The zero-order valence-electron chi connectivity index (χ0n) is 16.5. The summed E-state index contributed by atoms with van der Waals surface area (Å²) in [7, 11) is -3.75. The molecular formula is C23H22ClNO5S. The summed E-state index contributed by atoms with van der Waals surface area (Å²) in [5.74, 6) is -1.11. The SMILES string of the molecule is O=C(O)c1ccc(S(=O)(=O)c2cccc(CCNC[C@H](O)c3cccc(Cl)c3)c2)cc1. The summed E-state index contributed by atoms with van der Waals surface area (Å²) in [6, 6.07) is 18.8. The molecule has 162 valence electrons. The highest BCUT2D eigenvalue weighted by Gasteiger charge is 2.18. The summed E-state index contributed by atoms with van der Waals surface area (Å²) < 4.78 is 25.7. The van der Waals surface area contributed by atoms with Crippen LogP contribution in [0.3, 0.4) is 0 Å². The van der Waals surface area contributed by atoms with Crippen molar-refractivity contribution >= 4 is 27.4 Å². The van der Waals surface area contributed by atoms with Gasteiger partial charge >= 0.3 is 5.97 Å². The predicted molar refractivity (Wildman–Crippen MR) is 118 cm³/mol. The van der Waals surface area contributed by atoms with E-state index in [0.29, 0.717) is 24.5 Å². The maximum atomic E-state index is 12.9. The zero-order valence-corrected chi connectivity index (χ0v) is 18.1. The molecule has 3 aromatic carbocycles. The molecule has 0 aliphatic heterocycles. The van der Waals surface area contributed by atoms with Gasteiger partial charge in [-0.25, -0.2) is 13.2 Å². The Morgan fingerprint density at radius 3 is 2.35 bits per heavy atom. The van der Waals surface area contributed by atoms with Crippen LogP contribution >= 0.6 is 11.6 Å². The molecule has 31 heavy (non-hydrogen) atoms. The standard InChI is InChI=1S/C23H22ClNO5S/c24-19-5-2-4-18(14-19)22(26)15-25-12-11-16-3-1-6-21(13-16)31(29,30)20-9-7-17(8-10-20)23(27)28/h1-10,13-14,22,25-26H,11-12,15H2,(H,27,28)/t22-/m0/s1. The number of carboxylic acid groups (broad SMARTS) is 1. The minimum atomic E-state index is -3.75. The average Bonchev–Trinajstić information content (AvgIpc) is 2.77. The zero-order chi connectivity index (χ0) is 22.4. The summed E-state index contributed by atoms with van der Waals surface area (Å²) in [5.41, 5.74) is 1.58. The van der Waals surface area contributed by atoms with E-state index in [1.165, 1.54) is 30.3 Å². The minimum Gasteiger partial charge on any atom is -0.478 e. The number of aromatic carboxylic acids is 1. The fraction of sp³-hybridized carbons (Fsp3) is 0.174. The van der Waals surface area contributed by atoms with Crippen LogP contribution < -0.4 is 5.32 Å². The third-order valence-corrected chi connectivity index (χ3v) is 6.78. The van der Waals surface area contributed by atoms with Crippen LogP contribution in [0.15, 0.2) is 82.6 Å². The van der Waals surface area contributed by atoms with E-state index in [2.05, 4.69) is 5.32 Å². The second-order valence-corrected chi connectivity index (χ2v) is 9.39. The molecule has 0 heterocycles. The van der Waals surface area contributed by atoms with Gasteiger partial charge < -0.3 is 15.5 Å². The van der Waals surface area contributed by atoms with Crippen LogP contribution in [-0.4, -0.2) is 37.7 Å². The van der Waals surface area contributed by atoms with Crippen LogP contribution in [0.4, 0.5) is 0 Å². The van der Waals surface area contributed by atoms with E-state index in [1.54, 1.807) is 36.4 Å². The molecular weight excluding hydrogens is 438 g/mol. The van der Waals surface area contributed by atoms with Gasteiger partial charge in [-0.1, -0.05) is 35.9 Å². The van der Waals surface area contributed by atoms with E-state index in [0.717, 1.165) is 11.1 Å². The van der Waals surface area contributed by atoms with Crippen LogP contribution in [0.25, 0.3) is 0 Å². The van der Waals surface area contributed by atoms with Crippen molar-refractivity contribution in [2.75, 3.05) is 13.1 Å². The Morgan fingerprint density at radius 1 is 0.968 bits per heavy atom. The monoisotopic (exact) mass is 459 g/mol. The van der Waals surface area contributed by atoms with Crippen LogP contribution in [-0.2, 0) is 16.3 Å². The van der Waals surface area contributed by atoms with E-state index < -0.39 is 21.9 Å². The smallest absolute Gasteiger partial charge is 0.335 e. The number of carbonyl (C=O) groups is 1. The van der Waals surface area contributed by atoms with Crippen molar-refractivity contribution in [3.8, 4) is 0 Å². The first-order valence-corrected chi connectivity index (χ1v) is 11.4. The molecule has 0 aromatic heterocycles. The van der Waals surface area contributed by atoms with Gasteiger partial charge in [-0.15, -0.1) is 0 Å². The molecule has 0 spiro atoms. The number of hydrogen-bond acceptors (Lipinski definition) is 5. The molecule has 0 radical (unpaired) electrons. The Balaban J connectivity index is 1.61. The summed E-state index contributed by atoms with van der Waals surface area (Å²) in [4.78, 5) is 11.1. The van der Waals surface area contributed by atoms with E-state index in [9.17, 15) is 18.3 Å². The molecule has 0 amide bonds. The van der Waals surface area contributed by atoms with Gasteiger partial charge in [-0.05, 0) is 72.6 Å². The lowest BCUT2D eigenvalue weighted by Gasteiger charge is -2.13. The van der Waals surface area contributed by atoms with Crippen LogP contribution in [0.1, 0.15) is 27.6 Å². The van der Waals surface area contributed by atoms with Crippen molar-refractivity contribution in [3.63, 3.8) is 0 Å². The van der Waals surface area contributed by atoms with Gasteiger partial charge in [-0.3, -0.25) is 0 Å². The highest BCUT2D eigenvalue weighted by molar-refractivity contribution is 7.91. The van der Waals surface area contributed by atoms with Crippen molar-refractivity contribution in [2.45, 2.75) is 22.3 Å². The molecule has 0 unspecified atom stereocenters. The number of benzene rings is 3. The number of nitrogens with one attached hydrogen (secondary N) is 1. The van der Waals surface area contributed by atoms with Gasteiger partial charge in [0.25, 0.3) is 0 Å². The summed E-state index contributed by atoms with van der Waals surface area (Å²) in [6.45, 7) is 0.892. The summed E-state index contributed by atoms with van der Waals surface area (Å²) in [5, 5.41) is 22.9. The lowest BCUT2D eigenvalue weighted by atomic mass is 10.1. The second kappa shape index (κ2) is 10.1. The second-order valence-electron chi connectivity index (χ2n) is 7.01. The number of hydrogen-bond donors (Lipinski definition) is 3. The van der Waals surface area contributed by atoms with Crippen molar-refractivity contribution in [3.05, 3.63) is 94.5 Å². The molecule has 0 aliphatic rings. The summed E-state index contributed by atoms with van der Waals surface area (Å²) in [6.07, 6.45) is -0.122. The van der Waals surface area contributed by atoms with Crippen molar-refractivity contribution in [2.24, 2.45) is 0 Å². The van der Waals surface area contributed by atoms with Crippen LogP contribution in [0.5, 0.6) is 0 Å². The molecule has 3 N–H and O–H groups in total. The topological polar surface area (TPSA) is 104 Å². The minimum absolute atomic E-state index is 0.0266. The molecule has 3 aromatic rings. The van der Waals surface area contributed by atoms with Crippen molar-refractivity contribution in [1.29, 1.82) is 0 Å². The number of rotatable bonds is 9. The van der Waals surface area contributed by atoms with E-state index in [-0.39, 0.29) is 15.4 Å². The first-order chi connectivity index (χ1) is 14.8. The van der Waals surface area contributed by atoms with E-state index in [1.807, 2.05) is 6.07 Å².